The number of carbonyl (C=O) groups excluding carboxylic acids is 2. The number of methoxy groups -OCH3 is 2. The SMILES string of the molecule is COc1ccc(N2C[C@H](NC(=O)N(CCO)C(C)C)CC2=O)cc1OC. The van der Waals surface area contributed by atoms with Crippen LogP contribution in [0.4, 0.5) is 10.5 Å². The third-order valence-electron chi connectivity index (χ3n) is 4.36. The Morgan fingerprint density at radius 1 is 1.35 bits per heavy atom. The highest BCUT2D eigenvalue weighted by Gasteiger charge is 2.33. The molecular weight excluding hydrogens is 338 g/mol. The molecule has 144 valence electrons. The number of nitrogens with one attached hydrogen (secondary N) is 1. The van der Waals surface area contributed by atoms with Gasteiger partial charge in [0.2, 0.25) is 5.91 Å². The average molecular weight is 365 g/mol. The van der Waals surface area contributed by atoms with Crippen molar-refractivity contribution in [1.29, 1.82) is 0 Å². The molecule has 0 saturated carbocycles. The zero-order valence-electron chi connectivity index (χ0n) is 15.7. The topological polar surface area (TPSA) is 91.3 Å². The summed E-state index contributed by atoms with van der Waals surface area (Å²) in [5, 5.41) is 12.0. The summed E-state index contributed by atoms with van der Waals surface area (Å²) in [6, 6.07) is 4.67. The number of hydrogen-bond donors (Lipinski definition) is 2. The van der Waals surface area contributed by atoms with Crippen molar-refractivity contribution in [2.45, 2.75) is 32.4 Å². The molecule has 0 spiro atoms. The fourth-order valence-corrected chi connectivity index (χ4v) is 3.01. The number of rotatable bonds is 7. The molecule has 1 aliphatic rings. The van der Waals surface area contributed by atoms with Gasteiger partial charge in [-0.1, -0.05) is 0 Å². The van der Waals surface area contributed by atoms with Gasteiger partial charge >= 0.3 is 6.03 Å². The summed E-state index contributed by atoms with van der Waals surface area (Å²) < 4.78 is 10.5. The quantitative estimate of drug-likeness (QED) is 0.758. The van der Waals surface area contributed by atoms with Crippen LogP contribution in [0.2, 0.25) is 0 Å². The second kappa shape index (κ2) is 8.75. The summed E-state index contributed by atoms with van der Waals surface area (Å²) in [5.41, 5.74) is 0.695. The van der Waals surface area contributed by atoms with E-state index in [-0.39, 0.29) is 43.6 Å². The van der Waals surface area contributed by atoms with Crippen molar-refractivity contribution in [3.8, 4) is 11.5 Å². The van der Waals surface area contributed by atoms with Crippen LogP contribution in [0.15, 0.2) is 18.2 Å². The van der Waals surface area contributed by atoms with Crippen LogP contribution in [0.5, 0.6) is 11.5 Å². The molecule has 26 heavy (non-hydrogen) atoms. The lowest BCUT2D eigenvalue weighted by atomic mass is 10.2. The normalized spacial score (nSPS) is 16.8. The summed E-state index contributed by atoms with van der Waals surface area (Å²) in [5.74, 6) is 1.06. The van der Waals surface area contributed by atoms with Crippen LogP contribution >= 0.6 is 0 Å². The highest BCUT2D eigenvalue weighted by atomic mass is 16.5. The van der Waals surface area contributed by atoms with E-state index in [0.717, 1.165) is 0 Å². The van der Waals surface area contributed by atoms with Crippen LogP contribution in [-0.4, -0.2) is 67.9 Å². The number of urea groups is 1. The number of hydrogen-bond acceptors (Lipinski definition) is 5. The molecule has 8 heteroatoms. The number of anilines is 1. The summed E-state index contributed by atoms with van der Waals surface area (Å²) in [7, 11) is 3.09. The standard InChI is InChI=1S/C18H27N3O5/c1-12(2)20(7-8-22)18(24)19-13-9-17(23)21(11-13)14-5-6-15(25-3)16(10-14)26-4/h5-6,10,12-13,22H,7-9,11H2,1-4H3,(H,19,24)/t13-/m1/s1. The van der Waals surface area contributed by atoms with E-state index in [1.807, 2.05) is 13.8 Å². The maximum atomic E-state index is 12.4. The summed E-state index contributed by atoms with van der Waals surface area (Å²) in [6.07, 6.45) is 0.227. The third kappa shape index (κ3) is 4.37. The summed E-state index contributed by atoms with van der Waals surface area (Å²) >= 11 is 0. The number of nitrogens with zero attached hydrogens (tertiary/aromatic N) is 2. The fraction of sp³-hybridized carbons (Fsp3) is 0.556. The van der Waals surface area contributed by atoms with Crippen molar-refractivity contribution in [1.82, 2.24) is 10.2 Å². The van der Waals surface area contributed by atoms with Crippen LogP contribution in [0.25, 0.3) is 0 Å². The van der Waals surface area contributed by atoms with E-state index in [0.29, 0.717) is 23.7 Å². The van der Waals surface area contributed by atoms with Crippen LogP contribution in [-0.2, 0) is 4.79 Å². The Morgan fingerprint density at radius 3 is 2.62 bits per heavy atom. The van der Waals surface area contributed by atoms with Gasteiger partial charge in [0.25, 0.3) is 0 Å². The maximum Gasteiger partial charge on any atom is 0.318 e. The second-order valence-electron chi connectivity index (χ2n) is 6.40. The van der Waals surface area contributed by atoms with Crippen molar-refractivity contribution >= 4 is 17.6 Å². The molecule has 3 amide bonds. The van der Waals surface area contributed by atoms with Crippen molar-refractivity contribution in [3.63, 3.8) is 0 Å². The molecule has 0 unspecified atom stereocenters. The lowest BCUT2D eigenvalue weighted by Gasteiger charge is -2.27. The Kier molecular flexibility index (Phi) is 6.68. The lowest BCUT2D eigenvalue weighted by molar-refractivity contribution is -0.117. The summed E-state index contributed by atoms with van der Waals surface area (Å²) in [4.78, 5) is 28.0. The van der Waals surface area contributed by atoms with Crippen molar-refractivity contribution < 1.29 is 24.2 Å². The van der Waals surface area contributed by atoms with Gasteiger partial charge in [0.05, 0.1) is 26.9 Å². The number of benzene rings is 1. The minimum atomic E-state index is -0.289. The fourth-order valence-electron chi connectivity index (χ4n) is 3.01. The third-order valence-corrected chi connectivity index (χ3v) is 4.36. The molecule has 8 nitrogen and oxygen atoms in total. The number of aliphatic hydroxyl groups is 1. The number of amides is 3. The minimum absolute atomic E-state index is 0.0405. The van der Waals surface area contributed by atoms with E-state index >= 15 is 0 Å². The molecule has 2 rings (SSSR count). The Bertz CT molecular complexity index is 650. The van der Waals surface area contributed by atoms with Gasteiger partial charge in [-0.3, -0.25) is 4.79 Å². The first-order chi connectivity index (χ1) is 12.4. The van der Waals surface area contributed by atoms with Crippen LogP contribution in [0.1, 0.15) is 20.3 Å². The van der Waals surface area contributed by atoms with Gasteiger partial charge in [-0.15, -0.1) is 0 Å². The van der Waals surface area contributed by atoms with E-state index in [4.69, 9.17) is 14.6 Å². The molecule has 1 fully saturated rings. The first-order valence-corrected chi connectivity index (χ1v) is 8.61. The van der Waals surface area contributed by atoms with E-state index < -0.39 is 0 Å². The van der Waals surface area contributed by atoms with Crippen molar-refractivity contribution in [3.05, 3.63) is 18.2 Å². The van der Waals surface area contributed by atoms with Crippen LogP contribution < -0.4 is 19.7 Å². The Hall–Kier alpha value is -2.48. The highest BCUT2D eigenvalue weighted by molar-refractivity contribution is 5.97. The van der Waals surface area contributed by atoms with Crippen LogP contribution in [0, 0.1) is 0 Å². The second-order valence-corrected chi connectivity index (χ2v) is 6.40. The zero-order chi connectivity index (χ0) is 19.3. The molecule has 1 aliphatic heterocycles. The largest absolute Gasteiger partial charge is 0.493 e. The average Bonchev–Trinajstić information content (AvgIpc) is 2.98. The predicted molar refractivity (Wildman–Crippen MR) is 97.8 cm³/mol. The van der Waals surface area contributed by atoms with Crippen molar-refractivity contribution in [2.75, 3.05) is 38.8 Å². The number of ether oxygens (including phenoxy) is 2. The van der Waals surface area contributed by atoms with Gasteiger partial charge in [-0.2, -0.15) is 0 Å². The molecule has 1 saturated heterocycles. The molecule has 0 bridgehead atoms. The van der Waals surface area contributed by atoms with E-state index in [2.05, 4.69) is 5.32 Å². The Balaban J connectivity index is 2.07. The zero-order valence-corrected chi connectivity index (χ0v) is 15.7. The smallest absolute Gasteiger partial charge is 0.318 e. The van der Waals surface area contributed by atoms with Gasteiger partial charge in [0.15, 0.2) is 11.5 Å². The molecule has 0 aromatic heterocycles. The Labute approximate surface area is 153 Å². The highest BCUT2D eigenvalue weighted by Crippen LogP contribution is 2.33. The first kappa shape index (κ1) is 19.8. The maximum absolute atomic E-state index is 12.4. The van der Waals surface area contributed by atoms with Gasteiger partial charge in [-0.05, 0) is 26.0 Å². The van der Waals surface area contributed by atoms with Crippen LogP contribution in [0.3, 0.4) is 0 Å². The Morgan fingerprint density at radius 2 is 2.04 bits per heavy atom. The monoisotopic (exact) mass is 365 g/mol. The van der Waals surface area contributed by atoms with Gasteiger partial charge in [0.1, 0.15) is 0 Å². The molecular formula is C18H27N3O5. The molecule has 0 radical (unpaired) electrons. The molecule has 1 atom stereocenters. The van der Waals surface area contributed by atoms with Crippen molar-refractivity contribution in [2.24, 2.45) is 0 Å². The molecule has 1 heterocycles. The lowest BCUT2D eigenvalue weighted by Crippen LogP contribution is -2.49. The minimum Gasteiger partial charge on any atom is -0.493 e. The number of aliphatic hydroxyl groups excluding tert-OH is 1. The summed E-state index contributed by atoms with van der Waals surface area (Å²) in [6.45, 7) is 4.29. The van der Waals surface area contributed by atoms with Gasteiger partial charge in [0, 0.05) is 37.3 Å². The molecule has 0 aliphatic carbocycles. The van der Waals surface area contributed by atoms with Gasteiger partial charge in [-0.25, -0.2) is 4.79 Å². The van der Waals surface area contributed by atoms with E-state index in [1.165, 1.54) is 7.11 Å². The first-order valence-electron chi connectivity index (χ1n) is 8.61. The predicted octanol–water partition coefficient (Wildman–Crippen LogP) is 1.22. The van der Waals surface area contributed by atoms with E-state index in [1.54, 1.807) is 35.1 Å². The van der Waals surface area contributed by atoms with E-state index in [9.17, 15) is 9.59 Å². The molecule has 2 N–H and O–H groups in total. The number of carbonyl (C=O) groups is 2. The van der Waals surface area contributed by atoms with Gasteiger partial charge < -0.3 is 29.7 Å². The molecule has 1 aromatic carbocycles. The molecule has 1 aromatic rings.